The standard InChI is InChI=1S/C18H27NO3/c1-4-11(2)13-7-12-5-6-19-10-17(21)18(22-3)9-15(19)14(12)8-16(13)20/h5,9,11,13-14,16,20-21H,4,6-8,10H2,1-3H3/t11?,13-,14-,16-/m1/s1. The summed E-state index contributed by atoms with van der Waals surface area (Å²) in [5.74, 6) is 2.04. The Bertz CT molecular complexity index is 534. The first-order valence-electron chi connectivity index (χ1n) is 8.34. The molecular formula is C18H27NO3. The Kier molecular flexibility index (Phi) is 4.22. The molecule has 4 nitrogen and oxygen atoms in total. The highest BCUT2D eigenvalue weighted by atomic mass is 16.5. The lowest BCUT2D eigenvalue weighted by Gasteiger charge is -2.45. The second-order valence-corrected chi connectivity index (χ2v) is 6.85. The predicted octanol–water partition coefficient (Wildman–Crippen LogP) is 2.98. The van der Waals surface area contributed by atoms with E-state index >= 15 is 0 Å². The minimum atomic E-state index is -0.247. The van der Waals surface area contributed by atoms with Gasteiger partial charge in [0.15, 0.2) is 11.5 Å². The summed E-state index contributed by atoms with van der Waals surface area (Å²) in [6.07, 6.45) is 6.88. The van der Waals surface area contributed by atoms with Crippen molar-refractivity contribution in [3.63, 3.8) is 0 Å². The number of nitrogens with zero attached hydrogens (tertiary/aromatic N) is 1. The van der Waals surface area contributed by atoms with Gasteiger partial charge in [0, 0.05) is 24.2 Å². The molecule has 22 heavy (non-hydrogen) atoms. The first-order valence-corrected chi connectivity index (χ1v) is 8.34. The molecule has 3 aliphatic rings. The van der Waals surface area contributed by atoms with E-state index in [1.165, 1.54) is 11.3 Å². The van der Waals surface area contributed by atoms with Crippen molar-refractivity contribution in [2.75, 3.05) is 20.2 Å². The van der Waals surface area contributed by atoms with E-state index in [-0.39, 0.29) is 17.8 Å². The molecule has 0 aromatic heterocycles. The molecule has 122 valence electrons. The SMILES string of the molecule is CCC(C)[C@H]1CC2=CCN3CC(O)=C(OC)C=C3[C@@H]2C[C@H]1O. The number of aliphatic hydroxyl groups is 2. The maximum absolute atomic E-state index is 10.6. The van der Waals surface area contributed by atoms with Crippen molar-refractivity contribution >= 4 is 0 Å². The van der Waals surface area contributed by atoms with Crippen molar-refractivity contribution in [3.05, 3.63) is 34.9 Å². The molecule has 4 heteroatoms. The number of hydrogen-bond donors (Lipinski definition) is 2. The van der Waals surface area contributed by atoms with Gasteiger partial charge in [-0.05, 0) is 24.7 Å². The van der Waals surface area contributed by atoms with Crippen LogP contribution in [0.2, 0.25) is 0 Å². The highest BCUT2D eigenvalue weighted by molar-refractivity contribution is 5.36. The molecule has 1 fully saturated rings. The quantitative estimate of drug-likeness (QED) is 0.787. The van der Waals surface area contributed by atoms with Gasteiger partial charge in [0.2, 0.25) is 0 Å². The molecule has 0 aromatic carbocycles. The van der Waals surface area contributed by atoms with Crippen molar-refractivity contribution in [2.24, 2.45) is 17.8 Å². The zero-order chi connectivity index (χ0) is 15.9. The summed E-state index contributed by atoms with van der Waals surface area (Å²) in [7, 11) is 1.59. The van der Waals surface area contributed by atoms with Gasteiger partial charge in [-0.15, -0.1) is 0 Å². The van der Waals surface area contributed by atoms with Gasteiger partial charge in [0.25, 0.3) is 0 Å². The fourth-order valence-electron chi connectivity index (χ4n) is 4.09. The Balaban J connectivity index is 1.87. The maximum Gasteiger partial charge on any atom is 0.159 e. The lowest BCUT2D eigenvalue weighted by atomic mass is 9.68. The normalized spacial score (nSPS) is 32.7. The molecule has 1 unspecified atom stereocenters. The van der Waals surface area contributed by atoms with Crippen molar-refractivity contribution < 1.29 is 14.9 Å². The first kappa shape index (κ1) is 15.5. The monoisotopic (exact) mass is 305 g/mol. The number of fused-ring (bicyclic) bond motifs is 3. The van der Waals surface area contributed by atoms with E-state index in [0.29, 0.717) is 24.1 Å². The average Bonchev–Trinajstić information content (AvgIpc) is 2.52. The molecule has 1 aliphatic carbocycles. The molecule has 3 rings (SSSR count). The zero-order valence-corrected chi connectivity index (χ0v) is 13.7. The van der Waals surface area contributed by atoms with Crippen molar-refractivity contribution in [3.8, 4) is 0 Å². The highest BCUT2D eigenvalue weighted by Crippen LogP contribution is 2.45. The van der Waals surface area contributed by atoms with Gasteiger partial charge in [-0.3, -0.25) is 0 Å². The molecule has 2 aliphatic heterocycles. The van der Waals surface area contributed by atoms with Crippen LogP contribution in [0.4, 0.5) is 0 Å². The van der Waals surface area contributed by atoms with Gasteiger partial charge in [0.05, 0.1) is 19.8 Å². The molecular weight excluding hydrogens is 278 g/mol. The summed E-state index contributed by atoms with van der Waals surface area (Å²) in [5, 5.41) is 20.6. The van der Waals surface area contributed by atoms with Crippen LogP contribution in [0.1, 0.15) is 33.1 Å². The summed E-state index contributed by atoms with van der Waals surface area (Å²) >= 11 is 0. The van der Waals surface area contributed by atoms with Crippen LogP contribution in [-0.4, -0.2) is 41.4 Å². The molecule has 1 saturated carbocycles. The van der Waals surface area contributed by atoms with Gasteiger partial charge in [-0.2, -0.15) is 0 Å². The summed E-state index contributed by atoms with van der Waals surface area (Å²) in [6.45, 7) is 5.78. The van der Waals surface area contributed by atoms with Crippen LogP contribution in [0.15, 0.2) is 34.9 Å². The maximum atomic E-state index is 10.6. The lowest BCUT2D eigenvalue weighted by molar-refractivity contribution is 0.0366. The van der Waals surface area contributed by atoms with Gasteiger partial charge >= 0.3 is 0 Å². The number of hydrogen-bond acceptors (Lipinski definition) is 4. The van der Waals surface area contributed by atoms with E-state index in [2.05, 4.69) is 24.8 Å². The van der Waals surface area contributed by atoms with Crippen LogP contribution in [0, 0.1) is 17.8 Å². The molecule has 0 aromatic rings. The van der Waals surface area contributed by atoms with E-state index in [1.807, 2.05) is 6.08 Å². The topological polar surface area (TPSA) is 52.9 Å². The Hall–Kier alpha value is -1.42. The van der Waals surface area contributed by atoms with Crippen LogP contribution in [0.3, 0.4) is 0 Å². The zero-order valence-electron chi connectivity index (χ0n) is 13.7. The van der Waals surface area contributed by atoms with E-state index in [1.54, 1.807) is 7.11 Å². The van der Waals surface area contributed by atoms with Crippen molar-refractivity contribution in [2.45, 2.75) is 39.2 Å². The minimum absolute atomic E-state index is 0.247. The molecule has 0 spiro atoms. The Labute approximate surface area is 132 Å². The average molecular weight is 305 g/mol. The van der Waals surface area contributed by atoms with E-state index in [4.69, 9.17) is 4.74 Å². The lowest BCUT2D eigenvalue weighted by Crippen LogP contribution is -2.43. The van der Waals surface area contributed by atoms with E-state index in [9.17, 15) is 10.2 Å². The van der Waals surface area contributed by atoms with E-state index in [0.717, 1.165) is 25.8 Å². The molecule has 0 amide bonds. The summed E-state index contributed by atoms with van der Waals surface area (Å²) in [6, 6.07) is 0. The summed E-state index contributed by atoms with van der Waals surface area (Å²) < 4.78 is 5.28. The third-order valence-electron chi connectivity index (χ3n) is 5.69. The van der Waals surface area contributed by atoms with Gasteiger partial charge in [-0.25, -0.2) is 0 Å². The summed E-state index contributed by atoms with van der Waals surface area (Å²) in [5.41, 5.74) is 2.64. The molecule has 2 heterocycles. The predicted molar refractivity (Wildman–Crippen MR) is 86.1 cm³/mol. The van der Waals surface area contributed by atoms with Crippen LogP contribution < -0.4 is 0 Å². The fourth-order valence-corrected chi connectivity index (χ4v) is 4.09. The Morgan fingerprint density at radius 3 is 2.91 bits per heavy atom. The fraction of sp³-hybridized carbons (Fsp3) is 0.667. The second-order valence-electron chi connectivity index (χ2n) is 6.85. The Morgan fingerprint density at radius 1 is 1.45 bits per heavy atom. The summed E-state index contributed by atoms with van der Waals surface area (Å²) in [4.78, 5) is 2.18. The number of aliphatic hydroxyl groups excluding tert-OH is 2. The van der Waals surface area contributed by atoms with Crippen molar-refractivity contribution in [1.29, 1.82) is 0 Å². The molecule has 0 saturated heterocycles. The third kappa shape index (κ3) is 2.54. The number of methoxy groups -OCH3 is 1. The van der Waals surface area contributed by atoms with E-state index < -0.39 is 0 Å². The minimum Gasteiger partial charge on any atom is -0.507 e. The van der Waals surface area contributed by atoms with Crippen LogP contribution in [0.5, 0.6) is 0 Å². The largest absolute Gasteiger partial charge is 0.507 e. The second kappa shape index (κ2) is 5.99. The first-order chi connectivity index (χ1) is 10.5. The molecule has 0 radical (unpaired) electrons. The van der Waals surface area contributed by atoms with Gasteiger partial charge < -0.3 is 19.8 Å². The van der Waals surface area contributed by atoms with Crippen molar-refractivity contribution in [1.82, 2.24) is 4.90 Å². The third-order valence-corrected chi connectivity index (χ3v) is 5.69. The Morgan fingerprint density at radius 2 is 2.23 bits per heavy atom. The van der Waals surface area contributed by atoms with Crippen LogP contribution >= 0.6 is 0 Å². The molecule has 2 N–H and O–H groups in total. The number of ether oxygens (including phenoxy) is 1. The smallest absolute Gasteiger partial charge is 0.159 e. The number of rotatable bonds is 3. The van der Waals surface area contributed by atoms with Gasteiger partial charge in [0.1, 0.15) is 0 Å². The molecule has 0 bridgehead atoms. The van der Waals surface area contributed by atoms with Crippen LogP contribution in [-0.2, 0) is 4.74 Å². The van der Waals surface area contributed by atoms with Gasteiger partial charge in [-0.1, -0.05) is 31.9 Å². The van der Waals surface area contributed by atoms with Crippen LogP contribution in [0.25, 0.3) is 0 Å². The highest BCUT2D eigenvalue weighted by Gasteiger charge is 2.40. The molecule has 4 atom stereocenters. The number of allylic oxidation sites excluding steroid dienone is 2.